The van der Waals surface area contributed by atoms with Gasteiger partial charge in [0.2, 0.25) is 0 Å². The van der Waals surface area contributed by atoms with Crippen molar-refractivity contribution in [3.05, 3.63) is 35.4 Å². The van der Waals surface area contributed by atoms with E-state index < -0.39 is 17.2 Å². The third-order valence-electron chi connectivity index (χ3n) is 6.00. The summed E-state index contributed by atoms with van der Waals surface area (Å²) in [5, 5.41) is 6.77. The van der Waals surface area contributed by atoms with Gasteiger partial charge in [0.15, 0.2) is 5.96 Å². The lowest BCUT2D eigenvalue weighted by Gasteiger charge is -2.38. The van der Waals surface area contributed by atoms with E-state index in [0.717, 1.165) is 12.6 Å². The van der Waals surface area contributed by atoms with Gasteiger partial charge in [-0.25, -0.2) is 0 Å². The summed E-state index contributed by atoms with van der Waals surface area (Å²) in [6.45, 7) is 4.67. The Hall–Kier alpha value is -1.41. The molecule has 2 saturated heterocycles. The molecule has 3 rings (SSSR count). The third kappa shape index (κ3) is 5.60. The first kappa shape index (κ1) is 22.3. The molecule has 29 heavy (non-hydrogen) atoms. The number of nitrogens with zero attached hydrogens (tertiary/aromatic N) is 1. The molecule has 1 unspecified atom stereocenters. The van der Waals surface area contributed by atoms with Crippen molar-refractivity contribution in [1.29, 1.82) is 0 Å². The maximum Gasteiger partial charge on any atom is 0.416 e. The minimum Gasteiger partial charge on any atom is -0.381 e. The maximum absolute atomic E-state index is 13.2. The lowest BCUT2D eigenvalue weighted by atomic mass is 9.73. The van der Waals surface area contributed by atoms with Crippen LogP contribution in [-0.2, 0) is 16.3 Å². The van der Waals surface area contributed by atoms with Gasteiger partial charge >= 0.3 is 6.18 Å². The van der Waals surface area contributed by atoms with Crippen LogP contribution in [-0.4, -0.2) is 49.8 Å². The molecule has 2 N–H and O–H groups in total. The lowest BCUT2D eigenvalue weighted by molar-refractivity contribution is -0.137. The summed E-state index contributed by atoms with van der Waals surface area (Å²) in [5.41, 5.74) is -0.310. The molecule has 0 spiro atoms. The van der Waals surface area contributed by atoms with Gasteiger partial charge in [0.1, 0.15) is 0 Å². The molecule has 1 aromatic rings. The molecule has 0 aromatic heterocycles. The van der Waals surface area contributed by atoms with Crippen LogP contribution in [0.15, 0.2) is 29.3 Å². The van der Waals surface area contributed by atoms with Crippen LogP contribution in [0.3, 0.4) is 0 Å². The first-order chi connectivity index (χ1) is 13.8. The number of hydrogen-bond donors (Lipinski definition) is 2. The Morgan fingerprint density at radius 2 is 1.90 bits per heavy atom. The molecule has 2 heterocycles. The second kappa shape index (κ2) is 9.16. The molecule has 1 aromatic carbocycles. The average molecular weight is 430 g/mol. The monoisotopic (exact) mass is 429 g/mol. The van der Waals surface area contributed by atoms with Crippen molar-refractivity contribution in [2.75, 3.05) is 39.1 Å². The Morgan fingerprint density at radius 3 is 2.52 bits per heavy atom. The number of guanidine groups is 1. The third-order valence-corrected chi connectivity index (χ3v) is 7.54. The Kier molecular flexibility index (Phi) is 7.04. The van der Waals surface area contributed by atoms with E-state index in [1.807, 2.05) is 11.8 Å². The van der Waals surface area contributed by atoms with E-state index in [9.17, 15) is 13.2 Å². The topological polar surface area (TPSA) is 45.7 Å². The number of hydrogen-bond acceptors (Lipinski definition) is 3. The van der Waals surface area contributed by atoms with Crippen LogP contribution in [0, 0.1) is 0 Å². The predicted molar refractivity (Wildman–Crippen MR) is 113 cm³/mol. The molecular weight excluding hydrogens is 399 g/mol. The van der Waals surface area contributed by atoms with Crippen LogP contribution >= 0.6 is 11.8 Å². The number of thioether (sulfide) groups is 1. The molecule has 8 heteroatoms. The van der Waals surface area contributed by atoms with Gasteiger partial charge in [-0.15, -0.1) is 0 Å². The number of rotatable bonds is 5. The highest BCUT2D eigenvalue weighted by Gasteiger charge is 2.38. The normalized spacial score (nSPS) is 25.1. The zero-order chi connectivity index (χ0) is 21.0. The van der Waals surface area contributed by atoms with Crippen molar-refractivity contribution >= 4 is 17.7 Å². The summed E-state index contributed by atoms with van der Waals surface area (Å²) in [6.07, 6.45) is -0.597. The zero-order valence-corrected chi connectivity index (χ0v) is 17.9. The van der Waals surface area contributed by atoms with Gasteiger partial charge in [-0.2, -0.15) is 24.9 Å². The van der Waals surface area contributed by atoms with E-state index in [1.165, 1.54) is 30.7 Å². The van der Waals surface area contributed by atoms with Gasteiger partial charge < -0.3 is 15.4 Å². The SMILES string of the molecule is CN=C(NCC1(C)CCCS1)NCC1(c2cccc(C(F)(F)F)c2)CCOCC1. The predicted octanol–water partition coefficient (Wildman–Crippen LogP) is 4.20. The lowest BCUT2D eigenvalue weighted by Crippen LogP contribution is -2.50. The van der Waals surface area contributed by atoms with E-state index in [2.05, 4.69) is 22.5 Å². The second-order valence-corrected chi connectivity index (χ2v) is 9.84. The molecule has 0 bridgehead atoms. The van der Waals surface area contributed by atoms with Crippen LogP contribution in [0.25, 0.3) is 0 Å². The zero-order valence-electron chi connectivity index (χ0n) is 17.1. The molecule has 0 radical (unpaired) electrons. The van der Waals surface area contributed by atoms with Crippen molar-refractivity contribution in [1.82, 2.24) is 10.6 Å². The number of ether oxygens (including phenoxy) is 1. The second-order valence-electron chi connectivity index (χ2n) is 8.15. The van der Waals surface area contributed by atoms with Crippen molar-refractivity contribution in [3.63, 3.8) is 0 Å². The van der Waals surface area contributed by atoms with Gasteiger partial charge in [-0.1, -0.05) is 18.2 Å². The molecular formula is C21H30F3N3OS. The van der Waals surface area contributed by atoms with Gasteiger partial charge in [0.25, 0.3) is 0 Å². The Morgan fingerprint density at radius 1 is 1.17 bits per heavy atom. The molecule has 4 nitrogen and oxygen atoms in total. The molecule has 0 saturated carbocycles. The van der Waals surface area contributed by atoms with Gasteiger partial charge in [0.05, 0.1) is 5.56 Å². The van der Waals surface area contributed by atoms with Crippen LogP contribution < -0.4 is 10.6 Å². The van der Waals surface area contributed by atoms with Crippen LogP contribution in [0.4, 0.5) is 13.2 Å². The smallest absolute Gasteiger partial charge is 0.381 e. The first-order valence-electron chi connectivity index (χ1n) is 10.1. The molecule has 2 aliphatic heterocycles. The van der Waals surface area contributed by atoms with Crippen LogP contribution in [0.2, 0.25) is 0 Å². The fraction of sp³-hybridized carbons (Fsp3) is 0.667. The fourth-order valence-corrected chi connectivity index (χ4v) is 5.32. The van der Waals surface area contributed by atoms with E-state index in [1.54, 1.807) is 13.1 Å². The van der Waals surface area contributed by atoms with Crippen LogP contribution in [0.1, 0.15) is 43.7 Å². The molecule has 2 aliphatic rings. The van der Waals surface area contributed by atoms with E-state index in [-0.39, 0.29) is 4.75 Å². The van der Waals surface area contributed by atoms with Gasteiger partial charge in [-0.05, 0) is 50.0 Å². The van der Waals surface area contributed by atoms with Crippen molar-refractivity contribution in [3.8, 4) is 0 Å². The summed E-state index contributed by atoms with van der Waals surface area (Å²) < 4.78 is 45.4. The minimum absolute atomic E-state index is 0.203. The minimum atomic E-state index is -4.35. The highest BCUT2D eigenvalue weighted by molar-refractivity contribution is 8.00. The quantitative estimate of drug-likeness (QED) is 0.544. The Labute approximate surface area is 175 Å². The number of nitrogens with one attached hydrogen (secondary N) is 2. The maximum atomic E-state index is 13.2. The summed E-state index contributed by atoms with van der Waals surface area (Å²) in [5.74, 6) is 1.87. The average Bonchev–Trinajstić information content (AvgIpc) is 3.15. The molecule has 162 valence electrons. The van der Waals surface area contributed by atoms with E-state index in [0.29, 0.717) is 44.1 Å². The van der Waals surface area contributed by atoms with Crippen LogP contribution in [0.5, 0.6) is 0 Å². The number of benzene rings is 1. The number of halogens is 3. The summed E-state index contributed by atoms with van der Waals surface area (Å²) in [4.78, 5) is 4.32. The first-order valence-corrected chi connectivity index (χ1v) is 11.1. The standard InChI is InChI=1S/C21H30F3N3OS/c1-19(7-4-12-29-19)14-26-18(25-2)27-15-20(8-10-28-11-9-20)16-5-3-6-17(13-16)21(22,23)24/h3,5-6,13H,4,7-12,14-15H2,1-2H3,(H2,25,26,27). The van der Waals surface area contributed by atoms with E-state index >= 15 is 0 Å². The molecule has 0 aliphatic carbocycles. The Balaban J connectivity index is 1.72. The number of alkyl halides is 3. The van der Waals surface area contributed by atoms with E-state index in [4.69, 9.17) is 4.74 Å². The fourth-order valence-electron chi connectivity index (χ4n) is 4.08. The number of aliphatic imine (C=N–C) groups is 1. The summed E-state index contributed by atoms with van der Waals surface area (Å²) >= 11 is 1.97. The molecule has 0 amide bonds. The largest absolute Gasteiger partial charge is 0.416 e. The summed E-state index contributed by atoms with van der Waals surface area (Å²) in [6, 6.07) is 5.72. The van der Waals surface area contributed by atoms with Crippen molar-refractivity contribution in [2.45, 2.75) is 48.9 Å². The van der Waals surface area contributed by atoms with Gasteiger partial charge in [0, 0.05) is 43.5 Å². The highest BCUT2D eigenvalue weighted by atomic mass is 32.2. The molecule has 2 fully saturated rings. The van der Waals surface area contributed by atoms with Crippen molar-refractivity contribution in [2.24, 2.45) is 4.99 Å². The molecule has 1 atom stereocenters. The van der Waals surface area contributed by atoms with Gasteiger partial charge in [-0.3, -0.25) is 4.99 Å². The summed E-state index contributed by atoms with van der Waals surface area (Å²) in [7, 11) is 1.72. The Bertz CT molecular complexity index is 711. The highest BCUT2D eigenvalue weighted by Crippen LogP contribution is 2.38. The van der Waals surface area contributed by atoms with Crippen molar-refractivity contribution < 1.29 is 17.9 Å².